The molecule has 18 heavy (non-hydrogen) atoms. The molecule has 0 radical (unpaired) electrons. The van der Waals surface area contributed by atoms with E-state index >= 15 is 0 Å². The quantitative estimate of drug-likeness (QED) is 0.830. The maximum Gasteiger partial charge on any atom is 0.226 e. The van der Waals surface area contributed by atoms with Gasteiger partial charge >= 0.3 is 0 Å². The van der Waals surface area contributed by atoms with E-state index in [4.69, 9.17) is 17.3 Å². The van der Waals surface area contributed by atoms with Crippen LogP contribution in [0.5, 0.6) is 0 Å². The molecule has 1 fully saturated rings. The van der Waals surface area contributed by atoms with Gasteiger partial charge in [0, 0.05) is 16.7 Å². The van der Waals surface area contributed by atoms with Gasteiger partial charge in [0.15, 0.2) is 0 Å². The Morgan fingerprint density at radius 1 is 1.33 bits per heavy atom. The molecule has 1 aliphatic heterocycles. The lowest BCUT2D eigenvalue weighted by Gasteiger charge is -2.16. The number of fused-ring (bicyclic) bond motifs is 3. The number of carbonyl (C=O) groups is 1. The summed E-state index contributed by atoms with van der Waals surface area (Å²) in [5, 5.41) is 0.727. The molecule has 1 amide bonds. The fraction of sp³-hybridized carbons (Fsp3) is 0.429. The van der Waals surface area contributed by atoms with E-state index in [1.165, 1.54) is 0 Å². The van der Waals surface area contributed by atoms with Gasteiger partial charge in [-0.25, -0.2) is 0 Å². The van der Waals surface area contributed by atoms with Crippen LogP contribution in [0, 0.1) is 5.92 Å². The van der Waals surface area contributed by atoms with Crippen LogP contribution in [0.15, 0.2) is 23.2 Å². The number of hydrogen-bond donors (Lipinski definition) is 1. The molecule has 1 aromatic rings. The first-order valence-corrected chi connectivity index (χ1v) is 6.72. The molecule has 2 atom stereocenters. The van der Waals surface area contributed by atoms with E-state index in [0.717, 1.165) is 47.7 Å². The van der Waals surface area contributed by atoms with Gasteiger partial charge in [0.2, 0.25) is 5.91 Å². The Bertz CT molecular complexity index is 539. The molecule has 3 rings (SSSR count). The van der Waals surface area contributed by atoms with Crippen LogP contribution in [0.25, 0.3) is 0 Å². The third kappa shape index (κ3) is 1.83. The van der Waals surface area contributed by atoms with E-state index in [2.05, 4.69) is 4.99 Å². The predicted molar refractivity (Wildman–Crippen MR) is 72.4 cm³/mol. The average molecular weight is 263 g/mol. The van der Waals surface area contributed by atoms with Gasteiger partial charge in [-0.15, -0.1) is 0 Å². The summed E-state index contributed by atoms with van der Waals surface area (Å²) >= 11 is 6.05. The molecule has 0 bridgehead atoms. The predicted octanol–water partition coefficient (Wildman–Crippen LogP) is 3.19. The van der Waals surface area contributed by atoms with Gasteiger partial charge in [0.1, 0.15) is 0 Å². The second kappa shape index (κ2) is 4.39. The van der Waals surface area contributed by atoms with E-state index in [9.17, 15) is 4.79 Å². The van der Waals surface area contributed by atoms with Crippen molar-refractivity contribution in [1.29, 1.82) is 0 Å². The van der Waals surface area contributed by atoms with Crippen LogP contribution in [0.3, 0.4) is 0 Å². The molecular formula is C14H15ClN2O. The lowest BCUT2D eigenvalue weighted by molar-refractivity contribution is -0.120. The number of aliphatic imine (C=N–C) groups is 1. The second-order valence-corrected chi connectivity index (χ2v) is 5.47. The summed E-state index contributed by atoms with van der Waals surface area (Å²) in [7, 11) is 0. The van der Waals surface area contributed by atoms with Crippen LogP contribution in [0.1, 0.15) is 37.2 Å². The number of nitrogens with zero attached hydrogens (tertiary/aromatic N) is 1. The highest BCUT2D eigenvalue weighted by atomic mass is 35.5. The molecule has 2 N–H and O–H groups in total. The highest BCUT2D eigenvalue weighted by Crippen LogP contribution is 2.44. The van der Waals surface area contributed by atoms with Crippen LogP contribution in [0.4, 0.5) is 5.69 Å². The van der Waals surface area contributed by atoms with Gasteiger partial charge in [0.25, 0.3) is 0 Å². The summed E-state index contributed by atoms with van der Waals surface area (Å²) in [5.41, 5.74) is 8.58. The zero-order chi connectivity index (χ0) is 12.7. The molecule has 4 heteroatoms. The molecule has 1 heterocycles. The number of rotatable bonds is 1. The van der Waals surface area contributed by atoms with Crippen LogP contribution < -0.4 is 5.73 Å². The number of primary amides is 1. The third-order valence-electron chi connectivity index (χ3n) is 3.91. The number of amides is 1. The number of carbonyl (C=O) groups excluding carboxylic acids is 1. The smallest absolute Gasteiger partial charge is 0.226 e. The fourth-order valence-electron chi connectivity index (χ4n) is 3.04. The van der Waals surface area contributed by atoms with Crippen molar-refractivity contribution in [3.63, 3.8) is 0 Å². The highest BCUT2D eigenvalue weighted by Gasteiger charge is 2.36. The topological polar surface area (TPSA) is 55.5 Å². The molecule has 1 aliphatic carbocycles. The monoisotopic (exact) mass is 262 g/mol. The molecule has 0 aromatic heterocycles. The maximum atomic E-state index is 11.6. The first-order valence-electron chi connectivity index (χ1n) is 6.34. The Labute approximate surface area is 111 Å². The Balaban J connectivity index is 2.06. The Morgan fingerprint density at radius 2 is 2.11 bits per heavy atom. The van der Waals surface area contributed by atoms with Crippen LogP contribution >= 0.6 is 11.6 Å². The van der Waals surface area contributed by atoms with Crippen LogP contribution in [-0.2, 0) is 4.79 Å². The Hall–Kier alpha value is -1.35. The van der Waals surface area contributed by atoms with Crippen molar-refractivity contribution in [1.82, 2.24) is 0 Å². The zero-order valence-corrected chi connectivity index (χ0v) is 10.8. The zero-order valence-electron chi connectivity index (χ0n) is 10.0. The van der Waals surface area contributed by atoms with Crippen molar-refractivity contribution >= 4 is 28.9 Å². The molecule has 2 aliphatic rings. The summed E-state index contributed by atoms with van der Waals surface area (Å²) in [4.78, 5) is 16.2. The molecule has 94 valence electrons. The van der Waals surface area contributed by atoms with Gasteiger partial charge in [0.05, 0.1) is 11.6 Å². The number of nitrogens with two attached hydrogens (primary N) is 1. The normalized spacial score (nSPS) is 25.9. The number of hydrogen-bond acceptors (Lipinski definition) is 2. The second-order valence-electron chi connectivity index (χ2n) is 5.03. The minimum Gasteiger partial charge on any atom is -0.369 e. The van der Waals surface area contributed by atoms with Gasteiger partial charge < -0.3 is 5.73 Å². The first-order chi connectivity index (χ1) is 8.66. The lowest BCUT2D eigenvalue weighted by Crippen LogP contribution is -2.31. The van der Waals surface area contributed by atoms with Crippen LogP contribution in [-0.4, -0.2) is 11.6 Å². The van der Waals surface area contributed by atoms with E-state index in [1.54, 1.807) is 0 Å². The fourth-order valence-corrected chi connectivity index (χ4v) is 3.22. The standard InChI is InChI=1S/C14H15ClN2O/c15-8-5-6-12-11(7-8)9-3-1-2-4-10(14(16)18)13(9)17-12/h5-7,9-10H,1-4H2,(H2,16,18)/t9?,10-/m0/s1. The van der Waals surface area contributed by atoms with Crippen molar-refractivity contribution < 1.29 is 4.79 Å². The van der Waals surface area contributed by atoms with E-state index in [1.807, 2.05) is 18.2 Å². The first kappa shape index (κ1) is 11.7. The minimum atomic E-state index is -0.250. The van der Waals surface area contributed by atoms with Gasteiger partial charge in [-0.3, -0.25) is 9.79 Å². The van der Waals surface area contributed by atoms with E-state index in [0.29, 0.717) is 0 Å². The van der Waals surface area contributed by atoms with Gasteiger partial charge in [-0.05, 0) is 36.6 Å². The molecular weight excluding hydrogens is 248 g/mol. The number of halogens is 1. The van der Waals surface area contributed by atoms with E-state index < -0.39 is 0 Å². The Morgan fingerprint density at radius 3 is 2.89 bits per heavy atom. The summed E-state index contributed by atoms with van der Waals surface area (Å²) < 4.78 is 0. The summed E-state index contributed by atoms with van der Waals surface area (Å²) in [6, 6.07) is 5.74. The van der Waals surface area contributed by atoms with Gasteiger partial charge in [-0.2, -0.15) is 0 Å². The summed E-state index contributed by atoms with van der Waals surface area (Å²) in [5.74, 6) is -0.220. The maximum absolute atomic E-state index is 11.6. The van der Waals surface area contributed by atoms with Gasteiger partial charge in [-0.1, -0.05) is 24.4 Å². The SMILES string of the molecule is NC(=O)[C@H]1CCCCC2C1=Nc1ccc(Cl)cc12. The molecule has 3 nitrogen and oxygen atoms in total. The van der Waals surface area contributed by atoms with Crippen molar-refractivity contribution in [3.8, 4) is 0 Å². The van der Waals surface area contributed by atoms with Crippen molar-refractivity contribution in [2.24, 2.45) is 16.6 Å². The highest BCUT2D eigenvalue weighted by molar-refractivity contribution is 6.30. The summed E-state index contributed by atoms with van der Waals surface area (Å²) in [6.45, 7) is 0. The molecule has 1 saturated carbocycles. The molecule has 0 saturated heterocycles. The average Bonchev–Trinajstić information content (AvgIpc) is 2.55. The van der Waals surface area contributed by atoms with E-state index in [-0.39, 0.29) is 17.7 Å². The molecule has 1 aromatic carbocycles. The minimum absolute atomic E-state index is 0.205. The van der Waals surface area contributed by atoms with Crippen molar-refractivity contribution in [2.45, 2.75) is 31.6 Å². The van der Waals surface area contributed by atoms with Crippen LogP contribution in [0.2, 0.25) is 5.02 Å². The lowest BCUT2D eigenvalue weighted by atomic mass is 9.87. The van der Waals surface area contributed by atoms with Crippen molar-refractivity contribution in [2.75, 3.05) is 0 Å². The van der Waals surface area contributed by atoms with Crippen molar-refractivity contribution in [3.05, 3.63) is 28.8 Å². The summed E-state index contributed by atoms with van der Waals surface area (Å²) in [6.07, 6.45) is 4.01. The molecule has 1 unspecified atom stereocenters. The molecule has 0 spiro atoms. The third-order valence-corrected chi connectivity index (χ3v) is 4.14. The largest absolute Gasteiger partial charge is 0.369 e. The Kier molecular flexibility index (Phi) is 2.86. The number of benzene rings is 1.